The van der Waals surface area contributed by atoms with E-state index in [1.807, 2.05) is 35.2 Å². The molecule has 0 unspecified atom stereocenters. The third kappa shape index (κ3) is 4.98. The number of nitrogens with zero attached hydrogens (tertiary/aromatic N) is 2. The van der Waals surface area contributed by atoms with E-state index in [1.165, 1.54) is 10.9 Å². The summed E-state index contributed by atoms with van der Waals surface area (Å²) in [6, 6.07) is 24.7. The Kier molecular flexibility index (Phi) is 6.28. The molecule has 2 amide bonds. The van der Waals surface area contributed by atoms with Gasteiger partial charge in [-0.1, -0.05) is 72.8 Å². The lowest BCUT2D eigenvalue weighted by Gasteiger charge is -2.32. The summed E-state index contributed by atoms with van der Waals surface area (Å²) >= 11 is 0. The molecule has 0 radical (unpaired) electrons. The summed E-state index contributed by atoms with van der Waals surface area (Å²) in [5.74, 6) is 0.785. The van der Waals surface area contributed by atoms with Gasteiger partial charge in [0.05, 0.1) is 6.54 Å². The number of carbonyl (C=O) groups is 1. The van der Waals surface area contributed by atoms with Gasteiger partial charge in [0.15, 0.2) is 5.96 Å². The van der Waals surface area contributed by atoms with Gasteiger partial charge < -0.3 is 10.6 Å². The van der Waals surface area contributed by atoms with Crippen LogP contribution in [0.25, 0.3) is 10.8 Å². The zero-order chi connectivity index (χ0) is 20.8. The second-order valence-electron chi connectivity index (χ2n) is 7.89. The van der Waals surface area contributed by atoms with Crippen LogP contribution in [0.5, 0.6) is 0 Å². The Morgan fingerprint density at radius 3 is 2.47 bits per heavy atom. The van der Waals surface area contributed by atoms with Gasteiger partial charge >= 0.3 is 6.03 Å². The highest BCUT2D eigenvalue weighted by Crippen LogP contribution is 2.22. The third-order valence-electron chi connectivity index (χ3n) is 5.80. The van der Waals surface area contributed by atoms with Crippen molar-refractivity contribution in [2.24, 2.45) is 16.6 Å². The molecule has 0 bridgehead atoms. The molecule has 30 heavy (non-hydrogen) atoms. The number of carbonyl (C=O) groups excluding carboxylic acids is 1. The normalized spacial score (nSPS) is 15.3. The molecule has 0 atom stereocenters. The van der Waals surface area contributed by atoms with Crippen molar-refractivity contribution < 1.29 is 4.79 Å². The van der Waals surface area contributed by atoms with Crippen LogP contribution >= 0.6 is 0 Å². The summed E-state index contributed by atoms with van der Waals surface area (Å²) < 4.78 is 0. The van der Waals surface area contributed by atoms with E-state index < -0.39 is 0 Å². The summed E-state index contributed by atoms with van der Waals surface area (Å²) in [7, 11) is 0. The van der Waals surface area contributed by atoms with Gasteiger partial charge in [-0.25, -0.2) is 9.79 Å². The van der Waals surface area contributed by atoms with Gasteiger partial charge in [0.25, 0.3) is 0 Å². The van der Waals surface area contributed by atoms with Crippen molar-refractivity contribution in [1.82, 2.24) is 10.2 Å². The molecule has 0 saturated carbocycles. The highest BCUT2D eigenvalue weighted by molar-refractivity contribution is 5.95. The van der Waals surface area contributed by atoms with Crippen LogP contribution < -0.4 is 11.1 Å². The van der Waals surface area contributed by atoms with Gasteiger partial charge in [0, 0.05) is 13.1 Å². The number of hydrogen-bond donors (Lipinski definition) is 2. The fourth-order valence-electron chi connectivity index (χ4n) is 4.12. The van der Waals surface area contributed by atoms with E-state index in [0.29, 0.717) is 12.5 Å². The predicted octanol–water partition coefficient (Wildman–Crippen LogP) is 4.32. The summed E-state index contributed by atoms with van der Waals surface area (Å²) in [6.45, 7) is 1.94. The molecule has 1 aliphatic rings. The number of likely N-dealkylation sites (tertiary alicyclic amines) is 1. The summed E-state index contributed by atoms with van der Waals surface area (Å²) in [5.41, 5.74) is 8.45. The van der Waals surface area contributed by atoms with E-state index in [4.69, 9.17) is 5.73 Å². The van der Waals surface area contributed by atoms with E-state index in [9.17, 15) is 4.79 Å². The molecule has 3 aromatic carbocycles. The number of guanidine groups is 1. The van der Waals surface area contributed by atoms with E-state index in [1.54, 1.807) is 0 Å². The molecule has 4 rings (SSSR count). The quantitative estimate of drug-likeness (QED) is 0.506. The highest BCUT2D eigenvalue weighted by atomic mass is 16.2. The highest BCUT2D eigenvalue weighted by Gasteiger charge is 2.23. The van der Waals surface area contributed by atoms with Gasteiger partial charge in [0.2, 0.25) is 0 Å². The molecule has 3 N–H and O–H groups in total. The topological polar surface area (TPSA) is 70.7 Å². The zero-order valence-corrected chi connectivity index (χ0v) is 17.1. The molecule has 5 heteroatoms. The van der Waals surface area contributed by atoms with Crippen molar-refractivity contribution in [3.05, 3.63) is 83.9 Å². The molecule has 0 aromatic heterocycles. The molecule has 0 aliphatic carbocycles. The second-order valence-corrected chi connectivity index (χ2v) is 7.89. The molecule has 1 aliphatic heterocycles. The van der Waals surface area contributed by atoms with Crippen molar-refractivity contribution in [3.63, 3.8) is 0 Å². The SMILES string of the molecule is NC(=NCc1cccc2ccccc12)NC(=O)N1CCC(Cc2ccccc2)CC1. The number of piperidine rings is 1. The lowest BCUT2D eigenvalue weighted by atomic mass is 9.90. The Morgan fingerprint density at radius 1 is 0.967 bits per heavy atom. The van der Waals surface area contributed by atoms with Gasteiger partial charge in [-0.2, -0.15) is 0 Å². The van der Waals surface area contributed by atoms with Crippen LogP contribution in [0.4, 0.5) is 4.79 Å². The minimum absolute atomic E-state index is 0.160. The molecule has 1 fully saturated rings. The number of nitrogens with two attached hydrogens (primary N) is 1. The fraction of sp³-hybridized carbons (Fsp3) is 0.280. The number of hydrogen-bond acceptors (Lipinski definition) is 2. The fourth-order valence-corrected chi connectivity index (χ4v) is 4.12. The first-order valence-electron chi connectivity index (χ1n) is 10.6. The molecule has 0 spiro atoms. The first-order chi connectivity index (χ1) is 14.7. The van der Waals surface area contributed by atoms with E-state index in [2.05, 4.69) is 52.8 Å². The number of aliphatic imine (C=N–C) groups is 1. The van der Waals surface area contributed by atoms with E-state index in [0.717, 1.165) is 43.3 Å². The number of amides is 2. The number of urea groups is 1. The summed E-state index contributed by atoms with van der Waals surface area (Å²) in [6.07, 6.45) is 3.09. The van der Waals surface area contributed by atoms with Crippen LogP contribution in [0.2, 0.25) is 0 Å². The smallest absolute Gasteiger partial charge is 0.324 e. The Morgan fingerprint density at radius 2 is 1.67 bits per heavy atom. The monoisotopic (exact) mass is 400 g/mol. The Hall–Kier alpha value is -3.34. The number of rotatable bonds is 4. The van der Waals surface area contributed by atoms with Crippen LogP contribution in [0, 0.1) is 5.92 Å². The van der Waals surface area contributed by atoms with Crippen molar-refractivity contribution in [2.45, 2.75) is 25.8 Å². The predicted molar refractivity (Wildman–Crippen MR) is 122 cm³/mol. The molecule has 1 saturated heterocycles. The van der Waals surface area contributed by atoms with Crippen LogP contribution in [0.3, 0.4) is 0 Å². The Labute approximate surface area is 177 Å². The standard InChI is InChI=1S/C25H28N4O/c26-24(27-18-22-11-6-10-21-9-4-5-12-23(21)22)28-25(30)29-15-13-20(14-16-29)17-19-7-2-1-3-8-19/h1-12,20H,13-18H2,(H3,26,27,28,30). The molecular formula is C25H28N4O. The largest absolute Gasteiger partial charge is 0.370 e. The van der Waals surface area contributed by atoms with Crippen LogP contribution in [-0.4, -0.2) is 30.0 Å². The van der Waals surface area contributed by atoms with Gasteiger partial charge in [-0.15, -0.1) is 0 Å². The lowest BCUT2D eigenvalue weighted by molar-refractivity contribution is 0.174. The molecular weight excluding hydrogens is 372 g/mol. The first kappa shape index (κ1) is 20.0. The minimum Gasteiger partial charge on any atom is -0.370 e. The van der Waals surface area contributed by atoms with Gasteiger partial charge in [-0.3, -0.25) is 5.32 Å². The third-order valence-corrected chi connectivity index (χ3v) is 5.80. The maximum absolute atomic E-state index is 12.6. The van der Waals surface area contributed by atoms with Crippen molar-refractivity contribution in [3.8, 4) is 0 Å². The average molecular weight is 401 g/mol. The van der Waals surface area contributed by atoms with Gasteiger partial charge in [0.1, 0.15) is 0 Å². The summed E-state index contributed by atoms with van der Waals surface area (Å²) in [5, 5.41) is 5.08. The molecule has 1 heterocycles. The zero-order valence-electron chi connectivity index (χ0n) is 17.1. The molecule has 3 aromatic rings. The Balaban J connectivity index is 1.28. The van der Waals surface area contributed by atoms with Gasteiger partial charge in [-0.05, 0) is 47.1 Å². The Bertz CT molecular complexity index is 1020. The number of benzene rings is 3. The maximum Gasteiger partial charge on any atom is 0.324 e. The summed E-state index contributed by atoms with van der Waals surface area (Å²) in [4.78, 5) is 18.8. The lowest BCUT2D eigenvalue weighted by Crippen LogP contribution is -2.48. The number of nitrogens with one attached hydrogen (secondary N) is 1. The van der Waals surface area contributed by atoms with Crippen molar-refractivity contribution >= 4 is 22.8 Å². The second kappa shape index (κ2) is 9.44. The maximum atomic E-state index is 12.6. The van der Waals surface area contributed by atoms with Crippen LogP contribution in [0.15, 0.2) is 77.8 Å². The average Bonchev–Trinajstić information content (AvgIpc) is 2.79. The molecule has 5 nitrogen and oxygen atoms in total. The van der Waals surface area contributed by atoms with Crippen molar-refractivity contribution in [2.75, 3.05) is 13.1 Å². The van der Waals surface area contributed by atoms with Crippen LogP contribution in [0.1, 0.15) is 24.0 Å². The molecule has 154 valence electrons. The van der Waals surface area contributed by atoms with Crippen molar-refractivity contribution in [1.29, 1.82) is 0 Å². The number of fused-ring (bicyclic) bond motifs is 1. The van der Waals surface area contributed by atoms with Crippen LogP contribution in [-0.2, 0) is 13.0 Å². The van der Waals surface area contributed by atoms with E-state index in [-0.39, 0.29) is 12.0 Å². The van der Waals surface area contributed by atoms with E-state index >= 15 is 0 Å². The minimum atomic E-state index is -0.160. The first-order valence-corrected chi connectivity index (χ1v) is 10.6.